The second-order valence-electron chi connectivity index (χ2n) is 7.76. The van der Waals surface area contributed by atoms with E-state index in [1.54, 1.807) is 0 Å². The van der Waals surface area contributed by atoms with Crippen molar-refractivity contribution < 1.29 is 0 Å². The molecule has 2 aromatic rings. The first-order chi connectivity index (χ1) is 13.1. The first-order valence-electron chi connectivity index (χ1n) is 10.0. The molecule has 0 unspecified atom stereocenters. The summed E-state index contributed by atoms with van der Waals surface area (Å²) >= 11 is 0. The third kappa shape index (κ3) is 3.96. The van der Waals surface area contributed by atoms with Gasteiger partial charge in [0.2, 0.25) is 5.95 Å². The predicted octanol–water partition coefficient (Wildman–Crippen LogP) is 2.63. The summed E-state index contributed by atoms with van der Waals surface area (Å²) in [5.41, 5.74) is 1.04. The van der Waals surface area contributed by atoms with E-state index in [9.17, 15) is 0 Å². The highest BCUT2D eigenvalue weighted by Gasteiger charge is 2.22. The standard InChI is InChI=1S/C20H29N7/c1-15(2)19-21-7-6-17(23-19)25-10-12-26(13-11-25)18-14-16(3)22-20(24-18)27-8-4-5-9-27/h6-7,14-15H,4-5,8-13H2,1-3H3. The van der Waals surface area contributed by atoms with E-state index in [1.807, 2.05) is 12.3 Å². The van der Waals surface area contributed by atoms with E-state index in [0.717, 1.165) is 68.4 Å². The summed E-state index contributed by atoms with van der Waals surface area (Å²) in [6.07, 6.45) is 4.35. The molecule has 0 atom stereocenters. The smallest absolute Gasteiger partial charge is 0.227 e. The van der Waals surface area contributed by atoms with Crippen LogP contribution in [0.4, 0.5) is 17.6 Å². The average molecular weight is 368 g/mol. The molecule has 0 radical (unpaired) electrons. The third-order valence-corrected chi connectivity index (χ3v) is 5.32. The van der Waals surface area contributed by atoms with Crippen LogP contribution in [0.5, 0.6) is 0 Å². The largest absolute Gasteiger partial charge is 0.353 e. The van der Waals surface area contributed by atoms with Gasteiger partial charge in [-0.3, -0.25) is 0 Å². The number of aromatic nitrogens is 4. The molecule has 2 aromatic heterocycles. The highest BCUT2D eigenvalue weighted by molar-refractivity contribution is 5.49. The van der Waals surface area contributed by atoms with Gasteiger partial charge in [0, 0.05) is 63.1 Å². The molecule has 2 fully saturated rings. The number of nitrogens with zero attached hydrogens (tertiary/aromatic N) is 7. The number of piperazine rings is 1. The maximum atomic E-state index is 4.87. The molecule has 0 aromatic carbocycles. The van der Waals surface area contributed by atoms with Gasteiger partial charge in [0.05, 0.1) is 0 Å². The monoisotopic (exact) mass is 367 g/mol. The summed E-state index contributed by atoms with van der Waals surface area (Å²) in [5.74, 6) is 4.23. The Labute approximate surface area is 161 Å². The fourth-order valence-corrected chi connectivity index (χ4v) is 3.74. The average Bonchev–Trinajstić information content (AvgIpc) is 3.23. The summed E-state index contributed by atoms with van der Waals surface area (Å²) in [6, 6.07) is 4.12. The van der Waals surface area contributed by atoms with Crippen molar-refractivity contribution in [2.45, 2.75) is 39.5 Å². The van der Waals surface area contributed by atoms with Gasteiger partial charge in [-0.25, -0.2) is 15.0 Å². The Balaban J connectivity index is 1.45. The molecule has 4 rings (SSSR count). The summed E-state index contributed by atoms with van der Waals surface area (Å²) in [5, 5.41) is 0. The SMILES string of the molecule is Cc1cc(N2CCN(c3ccnc(C(C)C)n3)CC2)nc(N2CCCC2)n1. The van der Waals surface area contributed by atoms with E-state index < -0.39 is 0 Å². The van der Waals surface area contributed by atoms with Crippen molar-refractivity contribution in [1.82, 2.24) is 19.9 Å². The molecule has 0 bridgehead atoms. The van der Waals surface area contributed by atoms with Crippen molar-refractivity contribution >= 4 is 17.6 Å². The lowest BCUT2D eigenvalue weighted by Gasteiger charge is -2.36. The van der Waals surface area contributed by atoms with Crippen LogP contribution >= 0.6 is 0 Å². The molecule has 0 saturated carbocycles. The maximum Gasteiger partial charge on any atom is 0.227 e. The topological polar surface area (TPSA) is 61.3 Å². The van der Waals surface area contributed by atoms with Gasteiger partial charge >= 0.3 is 0 Å². The molecule has 0 aliphatic carbocycles. The third-order valence-electron chi connectivity index (χ3n) is 5.32. The number of anilines is 3. The van der Waals surface area contributed by atoms with E-state index in [2.05, 4.69) is 51.5 Å². The number of rotatable bonds is 4. The fraction of sp³-hybridized carbons (Fsp3) is 0.600. The second kappa shape index (κ2) is 7.66. The van der Waals surface area contributed by atoms with Gasteiger partial charge in [0.15, 0.2) is 0 Å². The molecular weight excluding hydrogens is 338 g/mol. The van der Waals surface area contributed by atoms with Gasteiger partial charge in [-0.1, -0.05) is 13.8 Å². The van der Waals surface area contributed by atoms with E-state index >= 15 is 0 Å². The lowest BCUT2D eigenvalue weighted by Crippen LogP contribution is -2.47. The van der Waals surface area contributed by atoms with Crippen molar-refractivity contribution in [3.8, 4) is 0 Å². The van der Waals surface area contributed by atoms with Gasteiger partial charge in [-0.05, 0) is 25.8 Å². The number of aryl methyl sites for hydroxylation is 1. The van der Waals surface area contributed by atoms with Crippen LogP contribution in [0.1, 0.15) is 44.1 Å². The molecule has 7 heteroatoms. The van der Waals surface area contributed by atoms with E-state index in [0.29, 0.717) is 5.92 Å². The van der Waals surface area contributed by atoms with Crippen molar-refractivity contribution in [2.24, 2.45) is 0 Å². The van der Waals surface area contributed by atoms with E-state index in [4.69, 9.17) is 9.97 Å². The Morgan fingerprint density at radius 1 is 0.815 bits per heavy atom. The Morgan fingerprint density at radius 2 is 1.48 bits per heavy atom. The minimum absolute atomic E-state index is 0.347. The minimum Gasteiger partial charge on any atom is -0.353 e. The zero-order chi connectivity index (χ0) is 18.8. The van der Waals surface area contributed by atoms with E-state index in [-0.39, 0.29) is 0 Å². The lowest BCUT2D eigenvalue weighted by atomic mass is 10.2. The number of hydrogen-bond acceptors (Lipinski definition) is 7. The van der Waals surface area contributed by atoms with Crippen LogP contribution in [0.15, 0.2) is 18.3 Å². The molecule has 7 nitrogen and oxygen atoms in total. The predicted molar refractivity (Wildman–Crippen MR) is 109 cm³/mol. The van der Waals surface area contributed by atoms with Gasteiger partial charge < -0.3 is 14.7 Å². The van der Waals surface area contributed by atoms with Gasteiger partial charge in [-0.15, -0.1) is 0 Å². The molecule has 0 spiro atoms. The van der Waals surface area contributed by atoms with Crippen LogP contribution in [-0.2, 0) is 0 Å². The van der Waals surface area contributed by atoms with Crippen molar-refractivity contribution in [3.05, 3.63) is 29.8 Å². The summed E-state index contributed by atoms with van der Waals surface area (Å²) in [7, 11) is 0. The molecule has 2 aliphatic rings. The van der Waals surface area contributed by atoms with E-state index in [1.165, 1.54) is 12.8 Å². The lowest BCUT2D eigenvalue weighted by molar-refractivity contribution is 0.635. The van der Waals surface area contributed by atoms with Crippen molar-refractivity contribution in [2.75, 3.05) is 54.0 Å². The first-order valence-corrected chi connectivity index (χ1v) is 10.0. The Kier molecular flexibility index (Phi) is 5.09. The van der Waals surface area contributed by atoms with Gasteiger partial charge in [0.25, 0.3) is 0 Å². The zero-order valence-corrected chi connectivity index (χ0v) is 16.6. The van der Waals surface area contributed by atoms with Gasteiger partial charge in [0.1, 0.15) is 17.5 Å². The molecule has 2 aliphatic heterocycles. The summed E-state index contributed by atoms with van der Waals surface area (Å²) in [6.45, 7) is 12.2. The highest BCUT2D eigenvalue weighted by Crippen LogP contribution is 2.23. The van der Waals surface area contributed by atoms with Crippen LogP contribution in [0, 0.1) is 6.92 Å². The molecule has 0 N–H and O–H groups in total. The minimum atomic E-state index is 0.347. The second-order valence-corrected chi connectivity index (χ2v) is 7.76. The highest BCUT2D eigenvalue weighted by atomic mass is 15.3. The van der Waals surface area contributed by atoms with Crippen LogP contribution in [0.2, 0.25) is 0 Å². The summed E-state index contributed by atoms with van der Waals surface area (Å²) < 4.78 is 0. The number of hydrogen-bond donors (Lipinski definition) is 0. The quantitative estimate of drug-likeness (QED) is 0.823. The Bertz CT molecular complexity index is 778. The molecule has 2 saturated heterocycles. The van der Waals surface area contributed by atoms with Crippen molar-refractivity contribution in [1.29, 1.82) is 0 Å². The Hall–Kier alpha value is -2.44. The van der Waals surface area contributed by atoms with Crippen LogP contribution in [0.25, 0.3) is 0 Å². The van der Waals surface area contributed by atoms with Crippen LogP contribution < -0.4 is 14.7 Å². The molecule has 0 amide bonds. The fourth-order valence-electron chi connectivity index (χ4n) is 3.74. The maximum absolute atomic E-state index is 4.87. The van der Waals surface area contributed by atoms with Crippen molar-refractivity contribution in [3.63, 3.8) is 0 Å². The van der Waals surface area contributed by atoms with Crippen LogP contribution in [0.3, 0.4) is 0 Å². The molecular formula is C20H29N7. The first kappa shape index (κ1) is 17.9. The zero-order valence-electron chi connectivity index (χ0n) is 16.6. The Morgan fingerprint density at radius 3 is 2.15 bits per heavy atom. The van der Waals surface area contributed by atoms with Crippen LogP contribution in [-0.4, -0.2) is 59.2 Å². The molecule has 144 valence electrons. The molecule has 4 heterocycles. The normalized spacial score (nSPS) is 17.9. The summed E-state index contributed by atoms with van der Waals surface area (Å²) in [4.78, 5) is 25.7. The molecule has 27 heavy (non-hydrogen) atoms. The van der Waals surface area contributed by atoms with Gasteiger partial charge in [-0.2, -0.15) is 4.98 Å².